The van der Waals surface area contributed by atoms with Crippen molar-refractivity contribution >= 4 is 32.8 Å². The number of esters is 1. The number of aromatic amines is 1. The van der Waals surface area contributed by atoms with Crippen molar-refractivity contribution in [2.45, 2.75) is 6.42 Å². The fourth-order valence-corrected chi connectivity index (χ4v) is 1.78. The van der Waals surface area contributed by atoms with Crippen LogP contribution in [0.3, 0.4) is 0 Å². The molecule has 0 bridgehead atoms. The van der Waals surface area contributed by atoms with Gasteiger partial charge in [-0.2, -0.15) is 5.10 Å². The van der Waals surface area contributed by atoms with Gasteiger partial charge in [-0.25, -0.2) is 0 Å². The van der Waals surface area contributed by atoms with Crippen LogP contribution in [-0.2, 0) is 16.0 Å². The van der Waals surface area contributed by atoms with Crippen LogP contribution in [0.15, 0.2) is 22.8 Å². The molecular weight excluding hydrogens is 260 g/mol. The molecule has 15 heavy (non-hydrogen) atoms. The standard InChI is InChI=1S/C10H9BrN2O2/c1-15-9(14)5-6-2-3-8-7(4-6)10(11)13-12-8/h2-4H,5H2,1H3,(H,12,13). The van der Waals surface area contributed by atoms with Crippen LogP contribution in [0.4, 0.5) is 0 Å². The molecule has 0 fully saturated rings. The third kappa shape index (κ3) is 2.02. The van der Waals surface area contributed by atoms with Gasteiger partial charge in [0.05, 0.1) is 19.0 Å². The molecule has 2 aromatic rings. The quantitative estimate of drug-likeness (QED) is 0.849. The second kappa shape index (κ2) is 4.02. The zero-order valence-corrected chi connectivity index (χ0v) is 9.67. The van der Waals surface area contributed by atoms with Gasteiger partial charge in [-0.15, -0.1) is 0 Å². The van der Waals surface area contributed by atoms with Gasteiger partial charge < -0.3 is 4.74 Å². The molecule has 0 radical (unpaired) electrons. The zero-order valence-electron chi connectivity index (χ0n) is 8.08. The predicted octanol–water partition coefficient (Wildman–Crippen LogP) is 2.04. The van der Waals surface area contributed by atoms with E-state index in [2.05, 4.69) is 30.9 Å². The summed E-state index contributed by atoms with van der Waals surface area (Å²) in [4.78, 5) is 11.1. The van der Waals surface area contributed by atoms with E-state index in [1.165, 1.54) is 7.11 Å². The van der Waals surface area contributed by atoms with E-state index in [9.17, 15) is 4.79 Å². The molecule has 1 aromatic heterocycles. The number of hydrogen-bond donors (Lipinski definition) is 1. The van der Waals surface area contributed by atoms with Crippen molar-refractivity contribution in [1.29, 1.82) is 0 Å². The predicted molar refractivity (Wildman–Crippen MR) is 59.5 cm³/mol. The first-order valence-corrected chi connectivity index (χ1v) is 5.19. The average Bonchev–Trinajstić information content (AvgIpc) is 2.60. The van der Waals surface area contributed by atoms with Gasteiger partial charge >= 0.3 is 5.97 Å². The average molecular weight is 269 g/mol. The van der Waals surface area contributed by atoms with Gasteiger partial charge in [-0.05, 0) is 33.6 Å². The molecule has 2 rings (SSSR count). The first-order valence-electron chi connectivity index (χ1n) is 4.40. The number of hydrogen-bond acceptors (Lipinski definition) is 3. The molecule has 4 nitrogen and oxygen atoms in total. The highest BCUT2D eigenvalue weighted by atomic mass is 79.9. The topological polar surface area (TPSA) is 55.0 Å². The number of benzene rings is 1. The van der Waals surface area contributed by atoms with Crippen molar-refractivity contribution in [1.82, 2.24) is 10.2 Å². The highest BCUT2D eigenvalue weighted by molar-refractivity contribution is 9.10. The summed E-state index contributed by atoms with van der Waals surface area (Å²) < 4.78 is 5.43. The number of ether oxygens (including phenoxy) is 1. The number of aromatic nitrogens is 2. The van der Waals surface area contributed by atoms with Crippen LogP contribution in [0.1, 0.15) is 5.56 Å². The molecule has 0 aliphatic heterocycles. The number of fused-ring (bicyclic) bond motifs is 1. The first kappa shape index (κ1) is 10.2. The number of nitrogens with zero attached hydrogens (tertiary/aromatic N) is 1. The minimum absolute atomic E-state index is 0.242. The zero-order chi connectivity index (χ0) is 10.8. The number of carbonyl (C=O) groups is 1. The molecule has 0 saturated carbocycles. The maximum Gasteiger partial charge on any atom is 0.309 e. The Morgan fingerprint density at radius 1 is 1.60 bits per heavy atom. The summed E-state index contributed by atoms with van der Waals surface area (Å²) in [5, 5.41) is 7.86. The Bertz CT molecular complexity index is 507. The summed E-state index contributed by atoms with van der Waals surface area (Å²) in [6.45, 7) is 0. The lowest BCUT2D eigenvalue weighted by Crippen LogP contribution is -2.03. The Morgan fingerprint density at radius 2 is 2.40 bits per heavy atom. The number of rotatable bonds is 2. The van der Waals surface area contributed by atoms with Crippen LogP contribution in [-0.4, -0.2) is 23.3 Å². The normalized spacial score (nSPS) is 10.5. The van der Waals surface area contributed by atoms with E-state index in [-0.39, 0.29) is 12.4 Å². The van der Waals surface area contributed by atoms with E-state index in [0.29, 0.717) is 0 Å². The Kier molecular flexibility index (Phi) is 2.73. The van der Waals surface area contributed by atoms with Gasteiger partial charge in [-0.1, -0.05) is 6.07 Å². The fraction of sp³-hybridized carbons (Fsp3) is 0.200. The third-order valence-electron chi connectivity index (χ3n) is 2.15. The highest BCUT2D eigenvalue weighted by Gasteiger charge is 2.06. The van der Waals surface area contributed by atoms with E-state index in [0.717, 1.165) is 21.1 Å². The van der Waals surface area contributed by atoms with Gasteiger partial charge in [0.25, 0.3) is 0 Å². The second-order valence-electron chi connectivity index (χ2n) is 3.14. The van der Waals surface area contributed by atoms with Gasteiger partial charge in [0, 0.05) is 5.39 Å². The van der Waals surface area contributed by atoms with Crippen LogP contribution in [0, 0.1) is 0 Å². The van der Waals surface area contributed by atoms with E-state index in [1.807, 2.05) is 18.2 Å². The van der Waals surface area contributed by atoms with Crippen LogP contribution in [0.25, 0.3) is 10.9 Å². The van der Waals surface area contributed by atoms with Gasteiger partial charge in [0.1, 0.15) is 4.60 Å². The first-order chi connectivity index (χ1) is 7.20. The van der Waals surface area contributed by atoms with Crippen molar-refractivity contribution in [3.8, 4) is 0 Å². The van der Waals surface area contributed by atoms with E-state index in [1.54, 1.807) is 0 Å². The molecule has 0 unspecified atom stereocenters. The Morgan fingerprint density at radius 3 is 3.13 bits per heavy atom. The largest absolute Gasteiger partial charge is 0.469 e. The summed E-state index contributed by atoms with van der Waals surface area (Å²) in [6, 6.07) is 5.65. The van der Waals surface area contributed by atoms with Crippen molar-refractivity contribution in [3.63, 3.8) is 0 Å². The Hall–Kier alpha value is -1.36. The van der Waals surface area contributed by atoms with Crippen LogP contribution in [0.5, 0.6) is 0 Å². The van der Waals surface area contributed by atoms with Crippen LogP contribution >= 0.6 is 15.9 Å². The lowest BCUT2D eigenvalue weighted by molar-refractivity contribution is -0.139. The second-order valence-corrected chi connectivity index (χ2v) is 3.93. The molecule has 1 aromatic carbocycles. The lowest BCUT2D eigenvalue weighted by Gasteiger charge is -1.99. The van der Waals surface area contributed by atoms with Crippen LogP contribution in [0.2, 0.25) is 0 Å². The lowest BCUT2D eigenvalue weighted by atomic mass is 10.1. The summed E-state index contributed by atoms with van der Waals surface area (Å²) >= 11 is 3.35. The van der Waals surface area contributed by atoms with E-state index >= 15 is 0 Å². The van der Waals surface area contributed by atoms with Crippen molar-refractivity contribution in [2.24, 2.45) is 0 Å². The minimum atomic E-state index is -0.242. The monoisotopic (exact) mass is 268 g/mol. The third-order valence-corrected chi connectivity index (χ3v) is 2.75. The van der Waals surface area contributed by atoms with Gasteiger partial charge in [0.15, 0.2) is 0 Å². The summed E-state index contributed by atoms with van der Waals surface area (Å²) in [6.07, 6.45) is 0.282. The summed E-state index contributed by atoms with van der Waals surface area (Å²) in [7, 11) is 1.38. The molecule has 78 valence electrons. The number of carbonyl (C=O) groups excluding carboxylic acids is 1. The highest BCUT2D eigenvalue weighted by Crippen LogP contribution is 2.22. The van der Waals surface area contributed by atoms with Gasteiger partial charge in [0.2, 0.25) is 0 Å². The molecular formula is C10H9BrN2O2. The van der Waals surface area contributed by atoms with Gasteiger partial charge in [-0.3, -0.25) is 9.89 Å². The summed E-state index contributed by atoms with van der Waals surface area (Å²) in [5.41, 5.74) is 1.78. The molecule has 5 heteroatoms. The Balaban J connectivity index is 2.37. The van der Waals surface area contributed by atoms with Crippen molar-refractivity contribution < 1.29 is 9.53 Å². The van der Waals surface area contributed by atoms with E-state index < -0.39 is 0 Å². The molecule has 0 aliphatic carbocycles. The Labute approximate surface area is 94.7 Å². The number of methoxy groups -OCH3 is 1. The number of nitrogens with one attached hydrogen (secondary N) is 1. The maximum atomic E-state index is 11.1. The molecule has 0 spiro atoms. The van der Waals surface area contributed by atoms with Crippen molar-refractivity contribution in [3.05, 3.63) is 28.4 Å². The smallest absolute Gasteiger partial charge is 0.309 e. The minimum Gasteiger partial charge on any atom is -0.469 e. The molecule has 1 heterocycles. The molecule has 0 aliphatic rings. The SMILES string of the molecule is COC(=O)Cc1ccc2n[nH]c(Br)c2c1. The molecule has 0 saturated heterocycles. The number of halogens is 1. The van der Waals surface area contributed by atoms with Crippen molar-refractivity contribution in [2.75, 3.05) is 7.11 Å². The molecule has 0 amide bonds. The molecule has 0 atom stereocenters. The molecule has 1 N–H and O–H groups in total. The number of H-pyrrole nitrogens is 1. The van der Waals surface area contributed by atoms with E-state index in [4.69, 9.17) is 0 Å². The van der Waals surface area contributed by atoms with Crippen LogP contribution < -0.4 is 0 Å². The fourth-order valence-electron chi connectivity index (χ4n) is 1.37. The summed E-state index contributed by atoms with van der Waals surface area (Å²) in [5.74, 6) is -0.242. The maximum absolute atomic E-state index is 11.1.